The fraction of sp³-hybridized carbons (Fsp3) is 0.533. The molecule has 2 aromatic rings. The van der Waals surface area contributed by atoms with Crippen LogP contribution in [0.4, 0.5) is 5.69 Å². The molecule has 1 aromatic heterocycles. The lowest BCUT2D eigenvalue weighted by Crippen LogP contribution is -2.46. The number of piperidine rings is 1. The number of nitriles is 1. The molecule has 0 radical (unpaired) electrons. The molecule has 0 unspecified atom stereocenters. The fourth-order valence-electron chi connectivity index (χ4n) is 5.18. The molecule has 1 aliphatic carbocycles. The second-order valence-electron chi connectivity index (χ2n) is 10.7. The molecule has 3 N–H and O–H groups in total. The Morgan fingerprint density at radius 3 is 2.76 bits per heavy atom. The van der Waals surface area contributed by atoms with Crippen molar-refractivity contribution in [2.45, 2.75) is 58.5 Å². The first-order valence-corrected chi connectivity index (χ1v) is 13.8. The van der Waals surface area contributed by atoms with Crippen LogP contribution in [0.1, 0.15) is 51.5 Å². The van der Waals surface area contributed by atoms with Gasteiger partial charge in [-0.15, -0.1) is 0 Å². The molecule has 1 saturated heterocycles. The van der Waals surface area contributed by atoms with Gasteiger partial charge in [0, 0.05) is 61.2 Å². The monoisotopic (exact) mass is 501 g/mol. The molecule has 1 fully saturated rings. The molecule has 2 aliphatic rings. The molecule has 0 amide bonds. The third-order valence-electron chi connectivity index (χ3n) is 7.25. The summed E-state index contributed by atoms with van der Waals surface area (Å²) in [5.41, 5.74) is 12.9. The summed E-state index contributed by atoms with van der Waals surface area (Å²) in [6.45, 7) is 8.98. The van der Waals surface area contributed by atoms with Crippen LogP contribution in [0.3, 0.4) is 0 Å². The van der Waals surface area contributed by atoms with Crippen molar-refractivity contribution < 1.29 is 0 Å². The summed E-state index contributed by atoms with van der Waals surface area (Å²) in [5.74, 6) is 0.156. The molecule has 7 heteroatoms. The SMILES string of the molecule is CNCCN(C)Cc1cccc(-c2cc(N3CCC(C#N)CC3)c3c(n2)=CCCCC=3NNC(C)C)c1. The van der Waals surface area contributed by atoms with Crippen LogP contribution in [0.25, 0.3) is 23.0 Å². The van der Waals surface area contributed by atoms with Gasteiger partial charge in [-0.1, -0.05) is 24.3 Å². The summed E-state index contributed by atoms with van der Waals surface area (Å²) in [5, 5.41) is 15.0. The predicted octanol–water partition coefficient (Wildman–Crippen LogP) is 2.71. The highest BCUT2D eigenvalue weighted by Crippen LogP contribution is 2.25. The number of fused-ring (bicyclic) bond motifs is 1. The summed E-state index contributed by atoms with van der Waals surface area (Å²) >= 11 is 0. The van der Waals surface area contributed by atoms with Gasteiger partial charge in [0.15, 0.2) is 0 Å². The smallest absolute Gasteiger partial charge is 0.0730 e. The van der Waals surface area contributed by atoms with Gasteiger partial charge in [0.25, 0.3) is 0 Å². The lowest BCUT2D eigenvalue weighted by atomic mass is 9.97. The second-order valence-corrected chi connectivity index (χ2v) is 10.7. The molecular weight excluding hydrogens is 458 g/mol. The average Bonchev–Trinajstić information content (AvgIpc) is 3.12. The van der Waals surface area contributed by atoms with Gasteiger partial charge in [0.1, 0.15) is 0 Å². The Balaban J connectivity index is 1.78. The third kappa shape index (κ3) is 7.10. The van der Waals surface area contributed by atoms with Gasteiger partial charge in [0.2, 0.25) is 0 Å². The first kappa shape index (κ1) is 27.1. The average molecular weight is 502 g/mol. The minimum atomic E-state index is 0.156. The minimum Gasteiger partial charge on any atom is -0.371 e. The largest absolute Gasteiger partial charge is 0.371 e. The molecule has 2 heterocycles. The summed E-state index contributed by atoms with van der Waals surface area (Å²) < 4.78 is 0. The van der Waals surface area contributed by atoms with Crippen molar-refractivity contribution in [1.29, 1.82) is 5.26 Å². The van der Waals surface area contributed by atoms with E-state index in [0.717, 1.165) is 81.4 Å². The highest BCUT2D eigenvalue weighted by molar-refractivity contribution is 5.68. The molecule has 198 valence electrons. The Morgan fingerprint density at radius 2 is 2.03 bits per heavy atom. The Bertz CT molecular complexity index is 1210. The molecule has 0 saturated carbocycles. The number of pyridine rings is 1. The van der Waals surface area contributed by atoms with Crippen LogP contribution in [0, 0.1) is 17.2 Å². The van der Waals surface area contributed by atoms with E-state index in [9.17, 15) is 5.26 Å². The van der Waals surface area contributed by atoms with Crippen molar-refractivity contribution >= 4 is 17.5 Å². The maximum absolute atomic E-state index is 9.46. The van der Waals surface area contributed by atoms with Crippen LogP contribution in [-0.2, 0) is 6.54 Å². The lowest BCUT2D eigenvalue weighted by molar-refractivity contribution is 0.328. The number of likely N-dealkylation sites (N-methyl/N-ethyl adjacent to an activating group) is 2. The van der Waals surface area contributed by atoms with Crippen LogP contribution < -0.4 is 31.6 Å². The van der Waals surface area contributed by atoms with Crippen LogP contribution in [0.2, 0.25) is 0 Å². The van der Waals surface area contributed by atoms with E-state index in [-0.39, 0.29) is 5.92 Å². The van der Waals surface area contributed by atoms with Gasteiger partial charge in [-0.2, -0.15) is 5.26 Å². The van der Waals surface area contributed by atoms with Gasteiger partial charge in [0.05, 0.1) is 22.8 Å². The summed E-state index contributed by atoms with van der Waals surface area (Å²) in [4.78, 5) is 10.0. The molecule has 0 atom stereocenters. The topological polar surface area (TPSA) is 79.2 Å². The normalized spacial score (nSPS) is 16.4. The van der Waals surface area contributed by atoms with Crippen molar-refractivity contribution in [3.8, 4) is 17.3 Å². The van der Waals surface area contributed by atoms with Gasteiger partial charge < -0.3 is 20.5 Å². The highest BCUT2D eigenvalue weighted by atomic mass is 15.4. The van der Waals surface area contributed by atoms with Crippen molar-refractivity contribution in [2.75, 3.05) is 45.2 Å². The molecule has 7 nitrogen and oxygen atoms in total. The third-order valence-corrected chi connectivity index (χ3v) is 7.25. The zero-order valence-corrected chi connectivity index (χ0v) is 23.0. The maximum Gasteiger partial charge on any atom is 0.0730 e. The lowest BCUT2D eigenvalue weighted by Gasteiger charge is -2.32. The van der Waals surface area contributed by atoms with E-state index >= 15 is 0 Å². The summed E-state index contributed by atoms with van der Waals surface area (Å²) in [7, 11) is 4.16. The summed E-state index contributed by atoms with van der Waals surface area (Å²) in [6, 6.07) is 13.9. The fourth-order valence-corrected chi connectivity index (χ4v) is 5.18. The van der Waals surface area contributed by atoms with Crippen LogP contribution >= 0.6 is 0 Å². The molecular formula is C30H43N7. The van der Waals surface area contributed by atoms with E-state index in [2.05, 4.69) is 89.3 Å². The van der Waals surface area contributed by atoms with E-state index in [1.807, 2.05) is 7.05 Å². The van der Waals surface area contributed by atoms with E-state index in [4.69, 9.17) is 4.98 Å². The number of rotatable bonds is 10. The molecule has 1 aliphatic heterocycles. The standard InChI is InChI=1S/C30H43N7/c1-22(2)34-35-27-11-6-5-10-26-30(27)29(37-15-12-23(20-31)13-16-37)19-28(33-26)25-9-7-8-24(18-25)21-36(4)17-14-32-3/h7-10,18-19,22-23,32,34-35H,5-6,11-17,21H2,1-4H3. The molecule has 0 spiro atoms. The number of anilines is 1. The van der Waals surface area contributed by atoms with E-state index in [1.165, 1.54) is 22.2 Å². The molecule has 4 rings (SSSR count). The molecule has 37 heavy (non-hydrogen) atoms. The van der Waals surface area contributed by atoms with Crippen molar-refractivity contribution in [3.63, 3.8) is 0 Å². The van der Waals surface area contributed by atoms with Crippen LogP contribution in [0.5, 0.6) is 0 Å². The zero-order valence-electron chi connectivity index (χ0n) is 23.0. The minimum absolute atomic E-state index is 0.156. The Morgan fingerprint density at radius 1 is 1.22 bits per heavy atom. The van der Waals surface area contributed by atoms with Gasteiger partial charge in [-0.3, -0.25) is 0 Å². The predicted molar refractivity (Wildman–Crippen MR) is 153 cm³/mol. The zero-order chi connectivity index (χ0) is 26.2. The van der Waals surface area contributed by atoms with E-state index in [1.54, 1.807) is 0 Å². The van der Waals surface area contributed by atoms with Gasteiger partial charge in [-0.05, 0) is 77.7 Å². The first-order chi connectivity index (χ1) is 18.0. The number of nitrogens with one attached hydrogen (secondary N) is 3. The van der Waals surface area contributed by atoms with Crippen molar-refractivity contribution in [2.24, 2.45) is 5.92 Å². The second kappa shape index (κ2) is 13.0. The van der Waals surface area contributed by atoms with Crippen LogP contribution in [0.15, 0.2) is 30.3 Å². The molecule has 1 aromatic carbocycles. The Labute approximate surface area is 222 Å². The number of hydrazine groups is 1. The van der Waals surface area contributed by atoms with Crippen molar-refractivity contribution in [3.05, 3.63) is 46.5 Å². The quantitative estimate of drug-likeness (QED) is 0.432. The molecule has 0 bridgehead atoms. The Kier molecular flexibility index (Phi) is 9.56. The number of hydrogen-bond acceptors (Lipinski definition) is 7. The van der Waals surface area contributed by atoms with Crippen LogP contribution in [-0.4, -0.2) is 56.2 Å². The van der Waals surface area contributed by atoms with E-state index in [0.29, 0.717) is 6.04 Å². The maximum atomic E-state index is 9.46. The first-order valence-electron chi connectivity index (χ1n) is 13.8. The Hall–Kier alpha value is -2.92. The number of benzene rings is 1. The number of aromatic nitrogens is 1. The van der Waals surface area contributed by atoms with Gasteiger partial charge in [-0.25, -0.2) is 10.4 Å². The van der Waals surface area contributed by atoms with Crippen molar-refractivity contribution in [1.82, 2.24) is 26.1 Å². The number of nitrogens with zero attached hydrogens (tertiary/aromatic N) is 4. The van der Waals surface area contributed by atoms with E-state index < -0.39 is 0 Å². The van der Waals surface area contributed by atoms with Gasteiger partial charge >= 0.3 is 0 Å². The highest BCUT2D eigenvalue weighted by Gasteiger charge is 2.22. The number of hydrogen-bond donors (Lipinski definition) is 3. The summed E-state index contributed by atoms with van der Waals surface area (Å²) in [6.07, 6.45) is 7.23.